The minimum absolute atomic E-state index is 0.664. The molecule has 27 heavy (non-hydrogen) atoms. The number of aromatic amines is 3. The average molecular weight is 355 g/mol. The van der Waals surface area contributed by atoms with Gasteiger partial charge in [-0.2, -0.15) is 10.3 Å². The Bertz CT molecular complexity index is 1000. The fourth-order valence-corrected chi connectivity index (χ4v) is 2.57. The second kappa shape index (κ2) is 7.92. The average Bonchev–Trinajstić information content (AvgIpc) is 3.48. The Balaban J connectivity index is 0.0000001000. The molecule has 0 atom stereocenters. The normalized spacial score (nSPS) is 10.2. The number of hydrogen-bond donors (Lipinski definition) is 3. The van der Waals surface area contributed by atoms with E-state index in [4.69, 9.17) is 0 Å². The Kier molecular flexibility index (Phi) is 4.83. The van der Waals surface area contributed by atoms with Gasteiger partial charge in [-0.15, -0.1) is 5.10 Å². The number of nitrogens with one attached hydrogen (secondary N) is 3. The molecule has 6 rings (SSSR count). The maximum Gasteiger partial charge on any atom is 0.201 e. The van der Waals surface area contributed by atoms with Gasteiger partial charge in [0.25, 0.3) is 0 Å². The van der Waals surface area contributed by atoms with Crippen LogP contribution in [0.5, 0.6) is 0 Å². The molecule has 0 spiro atoms. The van der Waals surface area contributed by atoms with Gasteiger partial charge in [-0.1, -0.05) is 24.3 Å². The summed E-state index contributed by atoms with van der Waals surface area (Å²) in [6, 6.07) is 17.8. The Morgan fingerprint density at radius 1 is 0.667 bits per heavy atom. The molecule has 0 aliphatic carbocycles. The SMILES string of the molecule is c1ccc2c[nH]cc2c1.c1cnc2cc[nH]c2c1.c1cnc2n[nH]nc2c1. The van der Waals surface area contributed by atoms with Crippen LogP contribution in [0.15, 0.2) is 85.6 Å². The fourth-order valence-electron chi connectivity index (χ4n) is 2.57. The van der Waals surface area contributed by atoms with E-state index in [-0.39, 0.29) is 0 Å². The van der Waals surface area contributed by atoms with Crippen molar-refractivity contribution in [3.05, 3.63) is 85.6 Å². The molecule has 0 amide bonds. The smallest absolute Gasteiger partial charge is 0.201 e. The number of fused-ring (bicyclic) bond motifs is 3. The molecule has 7 nitrogen and oxygen atoms in total. The largest absolute Gasteiger partial charge is 0.366 e. The summed E-state index contributed by atoms with van der Waals surface area (Å²) in [4.78, 5) is 14.1. The lowest BCUT2D eigenvalue weighted by atomic mass is 10.2. The third kappa shape index (κ3) is 3.98. The van der Waals surface area contributed by atoms with E-state index in [0.29, 0.717) is 5.65 Å². The third-order valence-corrected chi connectivity index (χ3v) is 3.88. The molecule has 0 aliphatic rings. The molecule has 5 aromatic heterocycles. The van der Waals surface area contributed by atoms with Crippen LogP contribution in [0.3, 0.4) is 0 Å². The summed E-state index contributed by atoms with van der Waals surface area (Å²) in [6.07, 6.45) is 9.35. The van der Waals surface area contributed by atoms with Crippen LogP contribution in [0.4, 0.5) is 0 Å². The standard InChI is InChI=1S/C8H7N.C7H6N2.C5H4N4/c1-2-4-8-6-9-5-7(8)3-1;1-2-6-7(8-4-1)3-5-9-6;1-2-4-5(6-3-1)8-9-7-4/h1-6,9H;1-5,9H;1-3H,(H,6,7,8,9). The van der Waals surface area contributed by atoms with Crippen LogP contribution < -0.4 is 0 Å². The lowest BCUT2D eigenvalue weighted by Crippen LogP contribution is -1.71. The number of benzene rings is 1. The van der Waals surface area contributed by atoms with Crippen LogP contribution >= 0.6 is 0 Å². The zero-order chi connectivity index (χ0) is 18.3. The van der Waals surface area contributed by atoms with Crippen LogP contribution in [0.2, 0.25) is 0 Å². The number of hydrogen-bond acceptors (Lipinski definition) is 4. The van der Waals surface area contributed by atoms with Crippen LogP contribution in [-0.4, -0.2) is 35.3 Å². The highest BCUT2D eigenvalue weighted by Gasteiger charge is 1.92. The van der Waals surface area contributed by atoms with E-state index in [1.165, 1.54) is 10.8 Å². The molecule has 0 unspecified atom stereocenters. The van der Waals surface area contributed by atoms with Crippen molar-refractivity contribution in [2.24, 2.45) is 0 Å². The number of rotatable bonds is 0. The lowest BCUT2D eigenvalue weighted by Gasteiger charge is -1.82. The van der Waals surface area contributed by atoms with E-state index in [0.717, 1.165) is 16.6 Å². The summed E-state index contributed by atoms with van der Waals surface area (Å²) < 4.78 is 0. The molecule has 0 radical (unpaired) electrons. The first-order valence-corrected chi connectivity index (χ1v) is 8.41. The highest BCUT2D eigenvalue weighted by Crippen LogP contribution is 2.10. The molecule has 3 N–H and O–H groups in total. The maximum atomic E-state index is 4.11. The molecule has 5 heterocycles. The van der Waals surface area contributed by atoms with E-state index < -0.39 is 0 Å². The molecule has 7 heteroatoms. The summed E-state index contributed by atoms with van der Waals surface area (Å²) in [5.74, 6) is 0. The van der Waals surface area contributed by atoms with Crippen LogP contribution in [0.25, 0.3) is 33.0 Å². The molecule has 6 aromatic rings. The fraction of sp³-hybridized carbons (Fsp3) is 0. The first kappa shape index (κ1) is 16.5. The highest BCUT2D eigenvalue weighted by atomic mass is 15.3. The lowest BCUT2D eigenvalue weighted by molar-refractivity contribution is 0.954. The van der Waals surface area contributed by atoms with Gasteiger partial charge in [0, 0.05) is 31.0 Å². The van der Waals surface area contributed by atoms with Gasteiger partial charge in [0.2, 0.25) is 5.65 Å². The van der Waals surface area contributed by atoms with E-state index >= 15 is 0 Å². The van der Waals surface area contributed by atoms with Crippen LogP contribution in [-0.2, 0) is 0 Å². The molecule has 132 valence electrons. The third-order valence-electron chi connectivity index (χ3n) is 3.88. The van der Waals surface area contributed by atoms with Crippen LogP contribution in [0.1, 0.15) is 0 Å². The van der Waals surface area contributed by atoms with Crippen LogP contribution in [0, 0.1) is 0 Å². The Morgan fingerprint density at radius 2 is 1.44 bits per heavy atom. The van der Waals surface area contributed by atoms with Gasteiger partial charge >= 0.3 is 0 Å². The van der Waals surface area contributed by atoms with E-state index in [9.17, 15) is 0 Å². The number of pyridine rings is 2. The second-order valence-corrected chi connectivity index (χ2v) is 5.67. The molecule has 0 saturated heterocycles. The summed E-state index contributed by atoms with van der Waals surface area (Å²) in [5, 5.41) is 12.6. The quantitative estimate of drug-likeness (QED) is 0.382. The molecular weight excluding hydrogens is 338 g/mol. The van der Waals surface area contributed by atoms with Gasteiger partial charge < -0.3 is 9.97 Å². The first-order chi connectivity index (χ1) is 13.4. The van der Waals surface area contributed by atoms with Gasteiger partial charge in [-0.3, -0.25) is 4.98 Å². The maximum absolute atomic E-state index is 4.11. The van der Waals surface area contributed by atoms with Crippen molar-refractivity contribution in [2.45, 2.75) is 0 Å². The monoisotopic (exact) mass is 355 g/mol. The zero-order valence-electron chi connectivity index (χ0n) is 14.4. The van der Waals surface area contributed by atoms with Gasteiger partial charge in [0.05, 0.1) is 11.0 Å². The van der Waals surface area contributed by atoms with E-state index in [1.807, 2.05) is 61.1 Å². The van der Waals surface area contributed by atoms with Gasteiger partial charge in [0.15, 0.2) is 0 Å². The van der Waals surface area contributed by atoms with E-state index in [1.54, 1.807) is 12.4 Å². The predicted molar refractivity (Wildman–Crippen MR) is 106 cm³/mol. The minimum Gasteiger partial charge on any atom is -0.366 e. The van der Waals surface area contributed by atoms with Crippen molar-refractivity contribution in [2.75, 3.05) is 0 Å². The zero-order valence-corrected chi connectivity index (χ0v) is 14.4. The summed E-state index contributed by atoms with van der Waals surface area (Å²) >= 11 is 0. The Labute approximate surface area is 154 Å². The van der Waals surface area contributed by atoms with Crippen molar-refractivity contribution >= 4 is 33.0 Å². The molecule has 1 aromatic carbocycles. The summed E-state index contributed by atoms with van der Waals surface area (Å²) in [6.45, 7) is 0. The van der Waals surface area contributed by atoms with E-state index in [2.05, 4.69) is 47.5 Å². The second-order valence-electron chi connectivity index (χ2n) is 5.67. The van der Waals surface area contributed by atoms with Gasteiger partial charge in [-0.25, -0.2) is 4.98 Å². The van der Waals surface area contributed by atoms with Crippen molar-refractivity contribution in [3.63, 3.8) is 0 Å². The molecule has 0 aliphatic heterocycles. The Hall–Kier alpha value is -4.00. The predicted octanol–water partition coefficient (Wildman–Crippen LogP) is 4.08. The molecule has 0 bridgehead atoms. The van der Waals surface area contributed by atoms with Gasteiger partial charge in [0.1, 0.15) is 5.52 Å². The number of aromatic nitrogens is 7. The highest BCUT2D eigenvalue weighted by molar-refractivity contribution is 5.81. The van der Waals surface area contributed by atoms with Crippen molar-refractivity contribution in [1.29, 1.82) is 0 Å². The summed E-state index contributed by atoms with van der Waals surface area (Å²) in [5.41, 5.74) is 3.59. The van der Waals surface area contributed by atoms with Crippen molar-refractivity contribution in [1.82, 2.24) is 35.3 Å². The topological polar surface area (TPSA) is 98.9 Å². The summed E-state index contributed by atoms with van der Waals surface area (Å²) in [7, 11) is 0. The van der Waals surface area contributed by atoms with Crippen molar-refractivity contribution < 1.29 is 0 Å². The van der Waals surface area contributed by atoms with Crippen molar-refractivity contribution in [3.8, 4) is 0 Å². The number of H-pyrrole nitrogens is 3. The minimum atomic E-state index is 0.664. The molecule has 0 fully saturated rings. The Morgan fingerprint density at radius 3 is 2.22 bits per heavy atom. The van der Waals surface area contributed by atoms with Gasteiger partial charge in [-0.05, 0) is 41.1 Å². The number of nitrogens with zero attached hydrogens (tertiary/aromatic N) is 4. The molecular formula is C20H17N7. The molecule has 0 saturated carbocycles. The first-order valence-electron chi connectivity index (χ1n) is 8.41.